The van der Waals surface area contributed by atoms with Crippen molar-refractivity contribution in [3.8, 4) is 5.75 Å². The van der Waals surface area contributed by atoms with Crippen molar-refractivity contribution >= 4 is 26.0 Å². The summed E-state index contributed by atoms with van der Waals surface area (Å²) in [7, 11) is -3.66. The van der Waals surface area contributed by atoms with Gasteiger partial charge >= 0.3 is 0 Å². The maximum Gasteiger partial charge on any atom is 0.270 e. The van der Waals surface area contributed by atoms with Gasteiger partial charge in [-0.05, 0) is 35.0 Å². The first kappa shape index (κ1) is 13.0. The van der Waals surface area contributed by atoms with E-state index in [-0.39, 0.29) is 4.90 Å². The molecule has 18 heavy (non-hydrogen) atoms. The summed E-state index contributed by atoms with van der Waals surface area (Å²) in [6, 6.07) is 4.58. The first-order chi connectivity index (χ1) is 8.55. The summed E-state index contributed by atoms with van der Waals surface area (Å²) in [5.74, 6) is 0.478. The van der Waals surface area contributed by atoms with E-state index in [9.17, 15) is 8.42 Å². The average Bonchev–Trinajstić information content (AvgIpc) is 2.86. The Kier molecular flexibility index (Phi) is 3.67. The number of rotatable bonds is 4. The topological polar surface area (TPSA) is 74.1 Å². The van der Waals surface area contributed by atoms with Crippen molar-refractivity contribution in [2.24, 2.45) is 0 Å². The number of ether oxygens (including phenoxy) is 1. The SMILES string of the molecule is CCOc1cc(S(=O)(=O)n2cnnc2)ccc1Br. The lowest BCUT2D eigenvalue weighted by molar-refractivity contribution is 0.337. The highest BCUT2D eigenvalue weighted by Gasteiger charge is 2.18. The van der Waals surface area contributed by atoms with E-state index in [1.54, 1.807) is 6.07 Å². The number of hydrogen-bond donors (Lipinski definition) is 0. The number of hydrogen-bond acceptors (Lipinski definition) is 5. The van der Waals surface area contributed by atoms with Gasteiger partial charge in [-0.15, -0.1) is 10.2 Å². The third-order valence-electron chi connectivity index (χ3n) is 2.18. The van der Waals surface area contributed by atoms with E-state index >= 15 is 0 Å². The number of nitrogens with zero attached hydrogens (tertiary/aromatic N) is 3. The van der Waals surface area contributed by atoms with Crippen LogP contribution < -0.4 is 4.74 Å². The predicted octanol–water partition coefficient (Wildman–Crippen LogP) is 1.68. The van der Waals surface area contributed by atoms with E-state index in [1.165, 1.54) is 12.1 Å². The molecule has 2 rings (SSSR count). The van der Waals surface area contributed by atoms with Gasteiger partial charge < -0.3 is 4.74 Å². The molecule has 0 radical (unpaired) electrons. The average molecular weight is 332 g/mol. The highest BCUT2D eigenvalue weighted by molar-refractivity contribution is 9.10. The summed E-state index contributed by atoms with van der Waals surface area (Å²) >= 11 is 3.30. The van der Waals surface area contributed by atoms with Crippen LogP contribution in [0.1, 0.15) is 6.92 Å². The first-order valence-corrected chi connectivity index (χ1v) is 7.31. The monoisotopic (exact) mass is 331 g/mol. The van der Waals surface area contributed by atoms with Gasteiger partial charge in [-0.3, -0.25) is 0 Å². The quantitative estimate of drug-likeness (QED) is 0.852. The van der Waals surface area contributed by atoms with Crippen LogP contribution in [0.5, 0.6) is 5.75 Å². The van der Waals surface area contributed by atoms with E-state index in [1.807, 2.05) is 6.92 Å². The maximum atomic E-state index is 12.2. The third kappa shape index (κ3) is 2.39. The zero-order valence-electron chi connectivity index (χ0n) is 9.45. The second-order valence-corrected chi connectivity index (χ2v) is 6.02. The summed E-state index contributed by atoms with van der Waals surface area (Å²) in [5.41, 5.74) is 0. The van der Waals surface area contributed by atoms with Crippen LogP contribution in [0.4, 0.5) is 0 Å². The molecule has 0 aliphatic heterocycles. The van der Waals surface area contributed by atoms with Crippen LogP contribution >= 0.6 is 15.9 Å². The molecule has 0 saturated heterocycles. The van der Waals surface area contributed by atoms with Crippen molar-refractivity contribution in [3.63, 3.8) is 0 Å². The van der Waals surface area contributed by atoms with Gasteiger partial charge in [0.1, 0.15) is 18.4 Å². The van der Waals surface area contributed by atoms with Gasteiger partial charge in [-0.1, -0.05) is 0 Å². The summed E-state index contributed by atoms with van der Waals surface area (Å²) in [4.78, 5) is 0.119. The summed E-state index contributed by atoms with van der Waals surface area (Å²) in [5, 5.41) is 6.97. The lowest BCUT2D eigenvalue weighted by Gasteiger charge is -2.09. The van der Waals surface area contributed by atoms with Crippen molar-refractivity contribution in [1.29, 1.82) is 0 Å². The van der Waals surface area contributed by atoms with Gasteiger partial charge in [0, 0.05) is 6.07 Å². The minimum Gasteiger partial charge on any atom is -0.493 e. The molecule has 96 valence electrons. The zero-order chi connectivity index (χ0) is 13.2. The van der Waals surface area contributed by atoms with Crippen LogP contribution in [0.3, 0.4) is 0 Å². The Morgan fingerprint density at radius 1 is 1.33 bits per heavy atom. The van der Waals surface area contributed by atoms with Crippen molar-refractivity contribution < 1.29 is 13.2 Å². The van der Waals surface area contributed by atoms with Crippen molar-refractivity contribution in [2.45, 2.75) is 11.8 Å². The molecule has 0 spiro atoms. The van der Waals surface area contributed by atoms with Gasteiger partial charge in [-0.25, -0.2) is 12.4 Å². The van der Waals surface area contributed by atoms with Gasteiger partial charge in [0.05, 0.1) is 16.0 Å². The number of benzene rings is 1. The van der Waals surface area contributed by atoms with Gasteiger partial charge in [-0.2, -0.15) is 0 Å². The maximum absolute atomic E-state index is 12.2. The first-order valence-electron chi connectivity index (χ1n) is 5.08. The van der Waals surface area contributed by atoms with Crippen LogP contribution in [-0.2, 0) is 10.0 Å². The minimum atomic E-state index is -3.66. The van der Waals surface area contributed by atoms with Crippen molar-refractivity contribution in [3.05, 3.63) is 35.3 Å². The second-order valence-electron chi connectivity index (χ2n) is 3.32. The summed E-state index contributed by atoms with van der Waals surface area (Å²) in [6.07, 6.45) is 2.27. The summed E-state index contributed by atoms with van der Waals surface area (Å²) < 4.78 is 31.3. The number of aromatic nitrogens is 3. The minimum absolute atomic E-state index is 0.119. The molecule has 0 fully saturated rings. The second kappa shape index (κ2) is 5.07. The van der Waals surface area contributed by atoms with Crippen LogP contribution in [0, 0.1) is 0 Å². The van der Waals surface area contributed by atoms with Crippen LogP contribution in [0.15, 0.2) is 40.2 Å². The molecule has 6 nitrogen and oxygen atoms in total. The highest BCUT2D eigenvalue weighted by Crippen LogP contribution is 2.28. The fourth-order valence-electron chi connectivity index (χ4n) is 1.35. The zero-order valence-corrected chi connectivity index (χ0v) is 11.8. The molecule has 1 heterocycles. The van der Waals surface area contributed by atoms with Crippen molar-refractivity contribution in [1.82, 2.24) is 14.2 Å². The largest absolute Gasteiger partial charge is 0.493 e. The molecule has 0 unspecified atom stereocenters. The Labute approximate surface area is 113 Å². The van der Waals surface area contributed by atoms with Gasteiger partial charge in [0.25, 0.3) is 10.0 Å². The predicted molar refractivity (Wildman–Crippen MR) is 67.9 cm³/mol. The summed E-state index contributed by atoms with van der Waals surface area (Å²) in [6.45, 7) is 2.28. The molecule has 0 saturated carbocycles. The van der Waals surface area contributed by atoms with E-state index < -0.39 is 10.0 Å². The Morgan fingerprint density at radius 3 is 2.61 bits per heavy atom. The lowest BCUT2D eigenvalue weighted by Crippen LogP contribution is -2.11. The standard InChI is InChI=1S/C10H10BrN3O3S/c1-2-17-10-5-8(3-4-9(10)11)18(15,16)14-6-12-13-7-14/h3-7H,2H2,1H3. The number of halogens is 1. The smallest absolute Gasteiger partial charge is 0.270 e. The Balaban J connectivity index is 2.49. The lowest BCUT2D eigenvalue weighted by atomic mass is 10.3. The Bertz CT molecular complexity index is 640. The van der Waals surface area contributed by atoms with Crippen molar-refractivity contribution in [2.75, 3.05) is 6.61 Å². The third-order valence-corrected chi connectivity index (χ3v) is 4.42. The van der Waals surface area contributed by atoms with Crippen LogP contribution in [-0.4, -0.2) is 29.2 Å². The molecular weight excluding hydrogens is 322 g/mol. The highest BCUT2D eigenvalue weighted by atomic mass is 79.9. The molecule has 1 aromatic heterocycles. The molecule has 2 aromatic rings. The van der Waals surface area contributed by atoms with Gasteiger partial charge in [0.15, 0.2) is 0 Å². The Hall–Kier alpha value is -1.41. The fourth-order valence-corrected chi connectivity index (χ4v) is 2.78. The molecule has 0 aliphatic carbocycles. The fraction of sp³-hybridized carbons (Fsp3) is 0.200. The Morgan fingerprint density at radius 2 is 2.00 bits per heavy atom. The molecule has 8 heteroatoms. The van der Waals surface area contributed by atoms with Gasteiger partial charge in [0.2, 0.25) is 0 Å². The van der Waals surface area contributed by atoms with E-state index in [4.69, 9.17) is 4.74 Å². The van der Waals surface area contributed by atoms with E-state index in [2.05, 4.69) is 26.1 Å². The van der Waals surface area contributed by atoms with E-state index in [0.29, 0.717) is 16.8 Å². The molecule has 0 bridgehead atoms. The molecule has 0 atom stereocenters. The molecule has 0 amide bonds. The van der Waals surface area contributed by atoms with Crippen LogP contribution in [0.2, 0.25) is 0 Å². The van der Waals surface area contributed by atoms with Crippen LogP contribution in [0.25, 0.3) is 0 Å². The molecule has 1 aromatic carbocycles. The molecule has 0 aliphatic rings. The van der Waals surface area contributed by atoms with E-state index in [0.717, 1.165) is 16.6 Å². The molecular formula is C10H10BrN3O3S. The normalized spacial score (nSPS) is 11.4. The molecule has 0 N–H and O–H groups in total.